The minimum atomic E-state index is -0.492. The summed E-state index contributed by atoms with van der Waals surface area (Å²) in [7, 11) is 1.33. The van der Waals surface area contributed by atoms with Gasteiger partial charge in [0.25, 0.3) is 5.56 Å². The topological polar surface area (TPSA) is 84.1 Å². The molecular formula is C10H15N3O3. The molecule has 6 nitrogen and oxygen atoms in total. The summed E-state index contributed by atoms with van der Waals surface area (Å²) < 4.78 is 4.67. The van der Waals surface area contributed by atoms with Crippen LogP contribution in [0.5, 0.6) is 0 Å². The third kappa shape index (κ3) is 3.08. The Hall–Kier alpha value is -1.85. The molecule has 0 fully saturated rings. The van der Waals surface area contributed by atoms with Gasteiger partial charge in [0.1, 0.15) is 6.04 Å². The molecule has 2 N–H and O–H groups in total. The molecule has 0 aromatic carbocycles. The van der Waals surface area contributed by atoms with Crippen LogP contribution >= 0.6 is 0 Å². The summed E-state index contributed by atoms with van der Waals surface area (Å²) >= 11 is 0. The van der Waals surface area contributed by atoms with Crippen LogP contribution in [0.15, 0.2) is 17.1 Å². The molecule has 1 atom stereocenters. The molecular weight excluding hydrogens is 210 g/mol. The van der Waals surface area contributed by atoms with Gasteiger partial charge in [-0.1, -0.05) is 13.8 Å². The van der Waals surface area contributed by atoms with E-state index in [2.05, 4.69) is 20.3 Å². The highest BCUT2D eigenvalue weighted by molar-refractivity contribution is 5.79. The van der Waals surface area contributed by atoms with Gasteiger partial charge in [-0.05, 0) is 5.92 Å². The fraction of sp³-hybridized carbons (Fsp3) is 0.500. The van der Waals surface area contributed by atoms with Gasteiger partial charge in [-0.2, -0.15) is 5.10 Å². The largest absolute Gasteiger partial charge is 0.467 e. The van der Waals surface area contributed by atoms with Crippen molar-refractivity contribution < 1.29 is 9.53 Å². The summed E-state index contributed by atoms with van der Waals surface area (Å²) in [5.74, 6) is -0.318. The fourth-order valence-electron chi connectivity index (χ4n) is 1.26. The lowest BCUT2D eigenvalue weighted by molar-refractivity contribution is -0.142. The minimum Gasteiger partial charge on any atom is -0.467 e. The van der Waals surface area contributed by atoms with Crippen LogP contribution in [0, 0.1) is 5.92 Å². The first-order chi connectivity index (χ1) is 7.54. The lowest BCUT2D eigenvalue weighted by Gasteiger charge is -2.20. The number of nitrogens with zero attached hydrogens (tertiary/aromatic N) is 1. The van der Waals surface area contributed by atoms with Gasteiger partial charge >= 0.3 is 5.97 Å². The van der Waals surface area contributed by atoms with Gasteiger partial charge in [-0.15, -0.1) is 0 Å². The van der Waals surface area contributed by atoms with E-state index in [0.717, 1.165) is 0 Å². The van der Waals surface area contributed by atoms with Crippen molar-refractivity contribution >= 4 is 11.7 Å². The van der Waals surface area contributed by atoms with E-state index in [9.17, 15) is 9.59 Å². The quantitative estimate of drug-likeness (QED) is 0.724. The molecule has 1 unspecified atom stereocenters. The van der Waals surface area contributed by atoms with Crippen LogP contribution in [0.3, 0.4) is 0 Å². The van der Waals surface area contributed by atoms with Crippen LogP contribution < -0.4 is 10.9 Å². The number of ether oxygens (including phenoxy) is 1. The Bertz CT molecular complexity index is 414. The Kier molecular flexibility index (Phi) is 4.04. The number of methoxy groups -OCH3 is 1. The predicted octanol–water partition coefficient (Wildman–Crippen LogP) is 0.379. The van der Waals surface area contributed by atoms with Crippen molar-refractivity contribution in [1.29, 1.82) is 0 Å². The van der Waals surface area contributed by atoms with Gasteiger partial charge in [0.2, 0.25) is 0 Å². The average Bonchev–Trinajstić information content (AvgIpc) is 2.24. The molecule has 0 spiro atoms. The third-order valence-corrected chi connectivity index (χ3v) is 2.11. The van der Waals surface area contributed by atoms with E-state index in [1.165, 1.54) is 19.4 Å². The van der Waals surface area contributed by atoms with Crippen molar-refractivity contribution in [2.24, 2.45) is 5.92 Å². The molecule has 0 amide bonds. The number of aromatic amines is 1. The first-order valence-corrected chi connectivity index (χ1v) is 4.93. The second kappa shape index (κ2) is 5.29. The zero-order valence-electron chi connectivity index (χ0n) is 9.48. The second-order valence-corrected chi connectivity index (χ2v) is 3.72. The van der Waals surface area contributed by atoms with Crippen molar-refractivity contribution in [2.75, 3.05) is 12.4 Å². The maximum absolute atomic E-state index is 11.5. The molecule has 0 aliphatic rings. The van der Waals surface area contributed by atoms with Crippen molar-refractivity contribution in [3.8, 4) is 0 Å². The number of carbonyl (C=O) groups is 1. The van der Waals surface area contributed by atoms with Crippen LogP contribution in [0.4, 0.5) is 5.69 Å². The van der Waals surface area contributed by atoms with Crippen LogP contribution in [-0.4, -0.2) is 29.3 Å². The number of H-pyrrole nitrogens is 1. The van der Waals surface area contributed by atoms with E-state index in [-0.39, 0.29) is 17.4 Å². The highest BCUT2D eigenvalue weighted by Crippen LogP contribution is 2.10. The van der Waals surface area contributed by atoms with Gasteiger partial charge < -0.3 is 10.1 Å². The van der Waals surface area contributed by atoms with Crippen LogP contribution in [0.1, 0.15) is 13.8 Å². The first-order valence-electron chi connectivity index (χ1n) is 4.93. The predicted molar refractivity (Wildman–Crippen MR) is 59.1 cm³/mol. The third-order valence-electron chi connectivity index (χ3n) is 2.11. The van der Waals surface area contributed by atoms with Crippen LogP contribution in [0.25, 0.3) is 0 Å². The smallest absolute Gasteiger partial charge is 0.328 e. The number of carbonyl (C=O) groups excluding carboxylic acids is 1. The lowest BCUT2D eigenvalue weighted by atomic mass is 10.0. The number of rotatable bonds is 4. The zero-order valence-corrected chi connectivity index (χ0v) is 9.48. The molecule has 0 aliphatic heterocycles. The van der Waals surface area contributed by atoms with Crippen molar-refractivity contribution in [2.45, 2.75) is 19.9 Å². The Labute approximate surface area is 93.0 Å². The number of hydrogen-bond acceptors (Lipinski definition) is 5. The zero-order chi connectivity index (χ0) is 12.1. The Morgan fingerprint density at radius 3 is 2.75 bits per heavy atom. The molecule has 6 heteroatoms. The number of esters is 1. The number of anilines is 1. The average molecular weight is 225 g/mol. The van der Waals surface area contributed by atoms with Crippen molar-refractivity contribution in [1.82, 2.24) is 10.2 Å². The van der Waals surface area contributed by atoms with E-state index in [0.29, 0.717) is 5.69 Å². The molecule has 1 heterocycles. The second-order valence-electron chi connectivity index (χ2n) is 3.72. The maximum atomic E-state index is 11.5. The number of nitrogens with one attached hydrogen (secondary N) is 2. The Morgan fingerprint density at radius 1 is 1.56 bits per heavy atom. The van der Waals surface area contributed by atoms with Crippen LogP contribution in [-0.2, 0) is 9.53 Å². The summed E-state index contributed by atoms with van der Waals surface area (Å²) in [5, 5.41) is 8.80. The van der Waals surface area contributed by atoms with E-state index in [1.54, 1.807) is 0 Å². The van der Waals surface area contributed by atoms with E-state index < -0.39 is 6.04 Å². The standard InChI is InChI=1S/C10H15N3O3/c1-6(2)9(10(15)16-3)12-7-4-8(14)13-11-5-7/h4-6,9H,1-3H3,(H2,12,13,14). The highest BCUT2D eigenvalue weighted by Gasteiger charge is 2.22. The molecule has 1 rings (SSSR count). The van der Waals surface area contributed by atoms with E-state index in [4.69, 9.17) is 0 Å². The Balaban J connectivity index is 2.84. The van der Waals surface area contributed by atoms with Gasteiger partial charge in [-0.3, -0.25) is 4.79 Å². The SMILES string of the molecule is COC(=O)C(Nc1cn[nH]c(=O)c1)C(C)C. The van der Waals surface area contributed by atoms with Crippen LogP contribution in [0.2, 0.25) is 0 Å². The Morgan fingerprint density at radius 2 is 2.25 bits per heavy atom. The van der Waals surface area contributed by atoms with E-state index in [1.807, 2.05) is 13.8 Å². The lowest BCUT2D eigenvalue weighted by Crippen LogP contribution is -2.35. The summed E-state index contributed by atoms with van der Waals surface area (Å²) in [6.45, 7) is 3.77. The minimum absolute atomic E-state index is 0.0479. The van der Waals surface area contributed by atoms with Crippen molar-refractivity contribution in [3.63, 3.8) is 0 Å². The molecule has 0 bridgehead atoms. The molecule has 0 aliphatic carbocycles. The molecule has 0 saturated heterocycles. The maximum Gasteiger partial charge on any atom is 0.328 e. The first kappa shape index (κ1) is 12.2. The normalized spacial score (nSPS) is 12.2. The summed E-state index contributed by atoms with van der Waals surface area (Å²) in [6.07, 6.45) is 1.44. The molecule has 0 saturated carbocycles. The molecule has 0 radical (unpaired) electrons. The summed E-state index contributed by atoms with van der Waals surface area (Å²) in [6, 6.07) is 0.847. The van der Waals surface area contributed by atoms with Gasteiger partial charge in [-0.25, -0.2) is 9.89 Å². The summed E-state index contributed by atoms with van der Waals surface area (Å²) in [5.41, 5.74) is 0.172. The number of aromatic nitrogens is 2. The van der Waals surface area contributed by atoms with Gasteiger partial charge in [0.05, 0.1) is 19.0 Å². The monoisotopic (exact) mass is 225 g/mol. The summed E-state index contributed by atoms with van der Waals surface area (Å²) in [4.78, 5) is 22.5. The molecule has 1 aromatic heterocycles. The molecule has 1 aromatic rings. The molecule has 88 valence electrons. The fourth-order valence-corrected chi connectivity index (χ4v) is 1.26. The molecule has 16 heavy (non-hydrogen) atoms. The van der Waals surface area contributed by atoms with E-state index >= 15 is 0 Å². The van der Waals surface area contributed by atoms with Crippen molar-refractivity contribution in [3.05, 3.63) is 22.6 Å². The van der Waals surface area contributed by atoms with Gasteiger partial charge in [0.15, 0.2) is 0 Å². The van der Waals surface area contributed by atoms with Gasteiger partial charge in [0, 0.05) is 6.07 Å². The number of hydrogen-bond donors (Lipinski definition) is 2. The highest BCUT2D eigenvalue weighted by atomic mass is 16.5.